The maximum absolute atomic E-state index is 13.1. The largest absolute Gasteiger partial charge is 0.308 e. The summed E-state index contributed by atoms with van der Waals surface area (Å²) in [6, 6.07) is 7.41. The summed E-state index contributed by atoms with van der Waals surface area (Å²) in [6.45, 7) is 3.88. The van der Waals surface area contributed by atoms with Crippen molar-refractivity contribution < 1.29 is 9.59 Å². The van der Waals surface area contributed by atoms with Crippen LogP contribution in [0.5, 0.6) is 0 Å². The smallest absolute Gasteiger partial charge is 0.261 e. The minimum Gasteiger partial charge on any atom is -0.308 e. The van der Waals surface area contributed by atoms with Gasteiger partial charge in [-0.05, 0) is 32.6 Å². The van der Waals surface area contributed by atoms with E-state index in [1.165, 1.54) is 4.90 Å². The van der Waals surface area contributed by atoms with Crippen LogP contribution in [0.15, 0.2) is 24.3 Å². The highest BCUT2D eigenvalue weighted by Crippen LogP contribution is 2.34. The molecular weight excluding hydrogens is 342 g/mol. The molecule has 1 aliphatic rings. The van der Waals surface area contributed by atoms with E-state index in [9.17, 15) is 9.59 Å². The molecule has 0 fully saturated rings. The van der Waals surface area contributed by atoms with Crippen LogP contribution >= 0.6 is 0 Å². The normalized spacial score (nSPS) is 14.1. The highest BCUT2D eigenvalue weighted by Gasteiger charge is 2.34. The Balaban J connectivity index is 1.91. The summed E-state index contributed by atoms with van der Waals surface area (Å²) in [5.74, 6) is -0.484. The highest BCUT2D eigenvalue weighted by atomic mass is 16.2. The van der Waals surface area contributed by atoms with Gasteiger partial charge in [0, 0.05) is 36.0 Å². The van der Waals surface area contributed by atoms with E-state index in [0.717, 1.165) is 35.7 Å². The molecule has 2 amide bonds. The Morgan fingerprint density at radius 2 is 1.85 bits per heavy atom. The molecule has 140 valence electrons. The van der Waals surface area contributed by atoms with E-state index >= 15 is 0 Å². The highest BCUT2D eigenvalue weighted by molar-refractivity contribution is 6.28. The van der Waals surface area contributed by atoms with Crippen molar-refractivity contribution in [1.82, 2.24) is 24.8 Å². The number of rotatable bonds is 6. The van der Waals surface area contributed by atoms with Gasteiger partial charge in [-0.25, -0.2) is 4.68 Å². The third kappa shape index (κ3) is 2.78. The van der Waals surface area contributed by atoms with Gasteiger partial charge < -0.3 is 4.90 Å². The molecule has 1 aromatic heterocycles. The minimum absolute atomic E-state index is 0.230. The number of unbranched alkanes of at least 4 members (excludes halogenated alkanes) is 1. The van der Waals surface area contributed by atoms with Gasteiger partial charge in [0.1, 0.15) is 5.52 Å². The molecule has 2 heterocycles. The molecule has 0 N–H and O–H groups in total. The number of nitrogens with zero attached hydrogens (tertiary/aromatic N) is 5. The van der Waals surface area contributed by atoms with Crippen molar-refractivity contribution in [2.75, 3.05) is 27.2 Å². The predicted molar refractivity (Wildman–Crippen MR) is 104 cm³/mol. The molecule has 0 spiro atoms. The van der Waals surface area contributed by atoms with Gasteiger partial charge in [0.2, 0.25) is 0 Å². The molecule has 4 rings (SSSR count). The lowest BCUT2D eigenvalue weighted by atomic mass is 9.93. The monoisotopic (exact) mass is 365 g/mol. The molecule has 0 bridgehead atoms. The van der Waals surface area contributed by atoms with E-state index in [4.69, 9.17) is 0 Å². The summed E-state index contributed by atoms with van der Waals surface area (Å²) in [7, 11) is 3.84. The topological polar surface area (TPSA) is 71.3 Å². The number of aryl methyl sites for hydroxylation is 1. The van der Waals surface area contributed by atoms with Crippen LogP contribution in [-0.4, -0.2) is 63.8 Å². The molecule has 27 heavy (non-hydrogen) atoms. The Morgan fingerprint density at radius 3 is 2.59 bits per heavy atom. The number of amides is 2. The van der Waals surface area contributed by atoms with Gasteiger partial charge in [0.05, 0.1) is 11.1 Å². The van der Waals surface area contributed by atoms with Crippen molar-refractivity contribution >= 4 is 33.6 Å². The van der Waals surface area contributed by atoms with Gasteiger partial charge in [-0.2, -0.15) is 0 Å². The molecule has 3 aromatic rings. The zero-order chi connectivity index (χ0) is 19.1. The number of carbonyl (C=O) groups excluding carboxylic acids is 2. The molecule has 0 unspecified atom stereocenters. The molecule has 7 nitrogen and oxygen atoms in total. The first-order valence-corrected chi connectivity index (χ1v) is 9.32. The third-order valence-electron chi connectivity index (χ3n) is 5.08. The number of imide groups is 1. The van der Waals surface area contributed by atoms with Gasteiger partial charge in [0.25, 0.3) is 11.8 Å². The van der Waals surface area contributed by atoms with E-state index in [2.05, 4.69) is 17.2 Å². The second kappa shape index (κ2) is 6.74. The zero-order valence-corrected chi connectivity index (χ0v) is 15.9. The molecule has 0 saturated carbocycles. The number of carbonyl (C=O) groups is 2. The molecule has 0 aliphatic carbocycles. The summed E-state index contributed by atoms with van der Waals surface area (Å²) in [5, 5.41) is 10.2. The fourth-order valence-electron chi connectivity index (χ4n) is 3.65. The van der Waals surface area contributed by atoms with Crippen molar-refractivity contribution in [3.05, 3.63) is 35.4 Å². The Kier molecular flexibility index (Phi) is 4.39. The molecule has 1 aliphatic heterocycles. The van der Waals surface area contributed by atoms with E-state index < -0.39 is 0 Å². The summed E-state index contributed by atoms with van der Waals surface area (Å²) in [4.78, 5) is 29.4. The van der Waals surface area contributed by atoms with Crippen LogP contribution in [0.25, 0.3) is 21.8 Å². The summed E-state index contributed by atoms with van der Waals surface area (Å²) < 4.78 is 1.88. The number of fused-ring (bicyclic) bond motifs is 2. The maximum Gasteiger partial charge on any atom is 0.261 e. The maximum atomic E-state index is 13.1. The van der Waals surface area contributed by atoms with Gasteiger partial charge in [-0.3, -0.25) is 14.5 Å². The van der Waals surface area contributed by atoms with Gasteiger partial charge in [-0.15, -0.1) is 5.10 Å². The second-order valence-electron chi connectivity index (χ2n) is 7.25. The Hall–Kier alpha value is -2.80. The fourth-order valence-corrected chi connectivity index (χ4v) is 3.65. The first kappa shape index (κ1) is 17.6. The van der Waals surface area contributed by atoms with Crippen LogP contribution in [0.2, 0.25) is 0 Å². The summed E-state index contributed by atoms with van der Waals surface area (Å²) in [6.07, 6.45) is 2.05. The number of aromatic nitrogens is 3. The van der Waals surface area contributed by atoms with Crippen LogP contribution in [0, 0.1) is 0 Å². The first-order valence-electron chi connectivity index (χ1n) is 9.32. The standard InChI is InChI=1S/C20H23N5O2/c1-4-5-9-25-18-13-7-6-8-14-17(13)15(12-16(18)21-22-25)20(27)24(19(14)26)11-10-23(2)3/h6-8,12H,4-5,9-11H2,1-3H3. The van der Waals surface area contributed by atoms with Crippen LogP contribution in [0.1, 0.15) is 40.5 Å². The van der Waals surface area contributed by atoms with Crippen LogP contribution in [0.4, 0.5) is 0 Å². The van der Waals surface area contributed by atoms with Gasteiger partial charge in [0.15, 0.2) is 0 Å². The quantitative estimate of drug-likeness (QED) is 0.628. The van der Waals surface area contributed by atoms with Crippen molar-refractivity contribution in [2.45, 2.75) is 26.3 Å². The van der Waals surface area contributed by atoms with E-state index in [1.54, 1.807) is 12.1 Å². The lowest BCUT2D eigenvalue weighted by Crippen LogP contribution is -2.43. The van der Waals surface area contributed by atoms with Crippen molar-refractivity contribution in [3.63, 3.8) is 0 Å². The third-order valence-corrected chi connectivity index (χ3v) is 5.08. The molecule has 0 saturated heterocycles. The Morgan fingerprint density at radius 1 is 1.07 bits per heavy atom. The van der Waals surface area contributed by atoms with Gasteiger partial charge in [-0.1, -0.05) is 30.7 Å². The van der Waals surface area contributed by atoms with Crippen LogP contribution in [0.3, 0.4) is 0 Å². The van der Waals surface area contributed by atoms with Gasteiger partial charge >= 0.3 is 0 Å². The van der Waals surface area contributed by atoms with E-state index in [1.807, 2.05) is 35.8 Å². The van der Waals surface area contributed by atoms with E-state index in [0.29, 0.717) is 29.7 Å². The molecule has 0 radical (unpaired) electrons. The predicted octanol–water partition coefficient (Wildman–Crippen LogP) is 2.54. The Labute approximate surface area is 157 Å². The fraction of sp³-hybridized carbons (Fsp3) is 0.400. The summed E-state index contributed by atoms with van der Waals surface area (Å²) in [5.41, 5.74) is 2.70. The number of benzene rings is 2. The summed E-state index contributed by atoms with van der Waals surface area (Å²) >= 11 is 0. The average molecular weight is 365 g/mol. The first-order chi connectivity index (χ1) is 13.0. The molecule has 7 heteroatoms. The number of hydrogen-bond donors (Lipinski definition) is 0. The van der Waals surface area contributed by atoms with Crippen molar-refractivity contribution in [2.24, 2.45) is 0 Å². The lowest BCUT2D eigenvalue weighted by molar-refractivity contribution is 0.0601. The molecule has 2 aromatic carbocycles. The Bertz CT molecular complexity index is 1050. The average Bonchev–Trinajstić information content (AvgIpc) is 3.07. The molecule has 0 atom stereocenters. The SMILES string of the molecule is CCCCn1nnc2cc3c4c(cccc4c21)C(=O)N(CCN(C)C)C3=O. The zero-order valence-electron chi connectivity index (χ0n) is 15.9. The minimum atomic E-state index is -0.254. The lowest BCUT2D eigenvalue weighted by Gasteiger charge is -2.28. The number of likely N-dealkylation sites (N-methyl/N-ethyl adjacent to an activating group) is 1. The van der Waals surface area contributed by atoms with E-state index in [-0.39, 0.29) is 11.8 Å². The van der Waals surface area contributed by atoms with Crippen LogP contribution in [-0.2, 0) is 6.54 Å². The second-order valence-corrected chi connectivity index (χ2v) is 7.25. The molecular formula is C20H23N5O2. The van der Waals surface area contributed by atoms with Crippen LogP contribution < -0.4 is 0 Å². The van der Waals surface area contributed by atoms with Crippen molar-refractivity contribution in [3.8, 4) is 0 Å². The number of hydrogen-bond acceptors (Lipinski definition) is 5. The van der Waals surface area contributed by atoms with Crippen molar-refractivity contribution in [1.29, 1.82) is 0 Å².